The van der Waals surface area contributed by atoms with Crippen molar-refractivity contribution in [2.75, 3.05) is 0 Å². The summed E-state index contributed by atoms with van der Waals surface area (Å²) in [6.45, 7) is 3.36. The molecule has 1 aromatic heterocycles. The predicted octanol–water partition coefficient (Wildman–Crippen LogP) is 3.30. The van der Waals surface area contributed by atoms with Gasteiger partial charge >= 0.3 is 0 Å². The van der Waals surface area contributed by atoms with Crippen molar-refractivity contribution in [2.24, 2.45) is 4.99 Å². The van der Waals surface area contributed by atoms with Crippen LogP contribution in [-0.2, 0) is 6.61 Å². The molecular formula is C15H15ClN2O2. The Bertz CT molecular complexity index is 669. The lowest BCUT2D eigenvalue weighted by molar-refractivity contribution is 0.280. The zero-order valence-electron chi connectivity index (χ0n) is 11.3. The van der Waals surface area contributed by atoms with E-state index >= 15 is 0 Å². The van der Waals surface area contributed by atoms with Crippen LogP contribution in [0.1, 0.15) is 22.4 Å². The second kappa shape index (κ2) is 6.03. The number of hydrogen-bond acceptors (Lipinski definition) is 4. The van der Waals surface area contributed by atoms with E-state index in [4.69, 9.17) is 11.6 Å². The van der Waals surface area contributed by atoms with Gasteiger partial charge in [0.15, 0.2) is 0 Å². The molecule has 0 fully saturated rings. The van der Waals surface area contributed by atoms with Gasteiger partial charge in [-0.1, -0.05) is 17.7 Å². The number of aliphatic hydroxyl groups is 1. The first-order valence-electron chi connectivity index (χ1n) is 6.12. The Labute approximate surface area is 122 Å². The van der Waals surface area contributed by atoms with Crippen molar-refractivity contribution in [1.29, 1.82) is 0 Å². The molecule has 0 aliphatic heterocycles. The molecular weight excluding hydrogens is 276 g/mol. The maximum atomic E-state index is 10.0. The van der Waals surface area contributed by atoms with Crippen LogP contribution in [0.4, 0.5) is 5.69 Å². The smallest absolute Gasteiger partial charge is 0.145 e. The van der Waals surface area contributed by atoms with E-state index in [1.807, 2.05) is 19.1 Å². The van der Waals surface area contributed by atoms with Crippen molar-refractivity contribution in [2.45, 2.75) is 20.5 Å². The fraction of sp³-hybridized carbons (Fsp3) is 0.200. The number of pyridine rings is 1. The van der Waals surface area contributed by atoms with E-state index in [1.54, 1.807) is 13.0 Å². The van der Waals surface area contributed by atoms with Crippen molar-refractivity contribution in [1.82, 2.24) is 4.98 Å². The van der Waals surface area contributed by atoms with Crippen molar-refractivity contribution in [3.05, 3.63) is 51.8 Å². The number of aromatic hydroxyl groups is 1. The van der Waals surface area contributed by atoms with Gasteiger partial charge in [-0.05, 0) is 31.5 Å². The standard InChI is InChI=1S/C15H15ClN2O2/c1-9-13(16)4-3-5-14(9)18-7-12-11(8-19)6-17-10(2)15(12)20/h3-7,19-20H,8H2,1-2H3. The third-order valence-corrected chi connectivity index (χ3v) is 3.51. The molecule has 20 heavy (non-hydrogen) atoms. The summed E-state index contributed by atoms with van der Waals surface area (Å²) in [6.07, 6.45) is 3.05. The van der Waals surface area contributed by atoms with Crippen LogP contribution in [-0.4, -0.2) is 21.4 Å². The van der Waals surface area contributed by atoms with Gasteiger partial charge in [0.25, 0.3) is 0 Å². The van der Waals surface area contributed by atoms with E-state index < -0.39 is 0 Å². The summed E-state index contributed by atoms with van der Waals surface area (Å²) in [5.74, 6) is 0.0278. The highest BCUT2D eigenvalue weighted by Crippen LogP contribution is 2.27. The quantitative estimate of drug-likeness (QED) is 0.852. The molecule has 104 valence electrons. The predicted molar refractivity (Wildman–Crippen MR) is 80.0 cm³/mol. The number of hydrogen-bond donors (Lipinski definition) is 2. The third kappa shape index (κ3) is 2.81. The Balaban J connectivity index is 2.46. The highest BCUT2D eigenvalue weighted by atomic mass is 35.5. The number of halogens is 1. The first-order chi connectivity index (χ1) is 9.54. The van der Waals surface area contributed by atoms with Gasteiger partial charge in [0.05, 0.1) is 18.0 Å². The number of nitrogens with zero attached hydrogens (tertiary/aromatic N) is 2. The van der Waals surface area contributed by atoms with Gasteiger partial charge in [-0.2, -0.15) is 0 Å². The fourth-order valence-corrected chi connectivity index (χ4v) is 1.96. The molecule has 1 heterocycles. The zero-order valence-corrected chi connectivity index (χ0v) is 12.0. The molecule has 0 aliphatic rings. The first kappa shape index (κ1) is 14.5. The summed E-state index contributed by atoms with van der Waals surface area (Å²) in [7, 11) is 0. The minimum Gasteiger partial charge on any atom is -0.505 e. The van der Waals surface area contributed by atoms with Crippen LogP contribution in [0.25, 0.3) is 0 Å². The number of rotatable bonds is 3. The molecule has 2 rings (SSSR count). The first-order valence-corrected chi connectivity index (χ1v) is 6.50. The topological polar surface area (TPSA) is 65.7 Å². The number of aliphatic hydroxyl groups excluding tert-OH is 1. The van der Waals surface area contributed by atoms with Crippen LogP contribution in [0.15, 0.2) is 29.4 Å². The van der Waals surface area contributed by atoms with Crippen molar-refractivity contribution in [3.8, 4) is 5.75 Å². The Morgan fingerprint density at radius 1 is 1.35 bits per heavy atom. The number of aryl methyl sites for hydroxylation is 1. The number of benzene rings is 1. The minimum absolute atomic E-state index is 0.0278. The lowest BCUT2D eigenvalue weighted by Gasteiger charge is -2.07. The maximum Gasteiger partial charge on any atom is 0.145 e. The average Bonchev–Trinajstić information content (AvgIpc) is 2.44. The van der Waals surface area contributed by atoms with Gasteiger partial charge in [-0.25, -0.2) is 0 Å². The summed E-state index contributed by atoms with van der Waals surface area (Å²) in [5, 5.41) is 20.0. The van der Waals surface area contributed by atoms with E-state index in [0.29, 0.717) is 21.8 Å². The molecule has 0 aliphatic carbocycles. The minimum atomic E-state index is -0.212. The molecule has 2 aromatic rings. The molecule has 0 bridgehead atoms. The van der Waals surface area contributed by atoms with Gasteiger partial charge in [-0.3, -0.25) is 9.98 Å². The molecule has 5 heteroatoms. The van der Waals surface area contributed by atoms with Crippen molar-refractivity contribution < 1.29 is 10.2 Å². The van der Waals surface area contributed by atoms with Gasteiger partial charge in [0, 0.05) is 28.6 Å². The van der Waals surface area contributed by atoms with Crippen LogP contribution in [0.3, 0.4) is 0 Å². The van der Waals surface area contributed by atoms with Crippen LogP contribution in [0.5, 0.6) is 5.75 Å². The SMILES string of the molecule is Cc1ncc(CO)c(C=Nc2cccc(Cl)c2C)c1O. The average molecular weight is 291 g/mol. The Kier molecular flexibility index (Phi) is 4.37. The Morgan fingerprint density at radius 2 is 2.10 bits per heavy atom. The summed E-state index contributed by atoms with van der Waals surface area (Å²) < 4.78 is 0. The molecule has 0 unspecified atom stereocenters. The van der Waals surface area contributed by atoms with Gasteiger partial charge in [-0.15, -0.1) is 0 Å². The van der Waals surface area contributed by atoms with E-state index in [0.717, 1.165) is 11.3 Å². The van der Waals surface area contributed by atoms with E-state index in [1.165, 1.54) is 12.4 Å². The molecule has 2 N–H and O–H groups in total. The zero-order chi connectivity index (χ0) is 14.7. The van der Waals surface area contributed by atoms with E-state index in [9.17, 15) is 10.2 Å². The van der Waals surface area contributed by atoms with Gasteiger partial charge in [0.1, 0.15) is 5.75 Å². The molecule has 0 spiro atoms. The second-order valence-corrected chi connectivity index (χ2v) is 4.84. The highest BCUT2D eigenvalue weighted by Gasteiger charge is 2.09. The normalized spacial score (nSPS) is 11.2. The molecule has 1 aromatic carbocycles. The summed E-state index contributed by atoms with van der Waals surface area (Å²) in [5.41, 5.74) is 3.07. The summed E-state index contributed by atoms with van der Waals surface area (Å²) in [4.78, 5) is 8.34. The molecule has 4 nitrogen and oxygen atoms in total. The lowest BCUT2D eigenvalue weighted by Crippen LogP contribution is -1.97. The Hall–Kier alpha value is -1.91. The third-order valence-electron chi connectivity index (χ3n) is 3.10. The second-order valence-electron chi connectivity index (χ2n) is 4.43. The van der Waals surface area contributed by atoms with Crippen LogP contribution < -0.4 is 0 Å². The molecule has 0 radical (unpaired) electrons. The van der Waals surface area contributed by atoms with Gasteiger partial charge < -0.3 is 10.2 Å². The number of aliphatic imine (C=N–C) groups is 1. The summed E-state index contributed by atoms with van der Waals surface area (Å²) in [6, 6.07) is 5.44. The molecule has 0 amide bonds. The maximum absolute atomic E-state index is 10.0. The molecule has 0 atom stereocenters. The lowest BCUT2D eigenvalue weighted by atomic mass is 10.1. The van der Waals surface area contributed by atoms with Crippen LogP contribution in [0.2, 0.25) is 5.02 Å². The van der Waals surface area contributed by atoms with E-state index in [-0.39, 0.29) is 12.4 Å². The van der Waals surface area contributed by atoms with Gasteiger partial charge in [0.2, 0.25) is 0 Å². The van der Waals surface area contributed by atoms with Crippen molar-refractivity contribution >= 4 is 23.5 Å². The largest absolute Gasteiger partial charge is 0.505 e. The summed E-state index contributed by atoms with van der Waals surface area (Å²) >= 11 is 6.04. The monoisotopic (exact) mass is 290 g/mol. The van der Waals surface area contributed by atoms with Crippen LogP contribution >= 0.6 is 11.6 Å². The Morgan fingerprint density at radius 3 is 2.80 bits per heavy atom. The molecule has 0 saturated heterocycles. The molecule has 0 saturated carbocycles. The van der Waals surface area contributed by atoms with Crippen molar-refractivity contribution in [3.63, 3.8) is 0 Å². The highest BCUT2D eigenvalue weighted by molar-refractivity contribution is 6.31. The van der Waals surface area contributed by atoms with Crippen LogP contribution in [0, 0.1) is 13.8 Å². The fourth-order valence-electron chi connectivity index (χ4n) is 1.79. The number of aromatic nitrogens is 1. The van der Waals surface area contributed by atoms with E-state index in [2.05, 4.69) is 9.98 Å².